The summed E-state index contributed by atoms with van der Waals surface area (Å²) in [7, 11) is -3.11. The molecule has 45 heavy (non-hydrogen) atoms. The molecule has 3 aromatic carbocycles. The quantitative estimate of drug-likeness (QED) is 0.126. The number of nitrogens with one attached hydrogen (secondary N) is 1. The normalized spacial score (nSPS) is 16.2. The number of hydrogen-bond donors (Lipinski definition) is 1. The lowest BCUT2D eigenvalue weighted by Crippen LogP contribution is -2.27. The van der Waals surface area contributed by atoms with E-state index < -0.39 is 21.3 Å². The number of halogens is 3. The molecule has 4 aromatic rings. The van der Waals surface area contributed by atoms with Crippen LogP contribution in [0.2, 0.25) is 0 Å². The van der Waals surface area contributed by atoms with Crippen molar-refractivity contribution in [2.75, 3.05) is 30.0 Å². The average Bonchev–Trinajstić information content (AvgIpc) is 3.48. The van der Waals surface area contributed by atoms with E-state index in [2.05, 4.69) is 31.2 Å². The maximum atomic E-state index is 15.6. The number of fused-ring (bicyclic) bond motifs is 1. The highest BCUT2D eigenvalue weighted by Crippen LogP contribution is 2.42. The zero-order valence-electron chi connectivity index (χ0n) is 24.8. The molecule has 0 spiro atoms. The molecule has 12 heteroatoms. The van der Waals surface area contributed by atoms with Crippen LogP contribution in [0.4, 0.5) is 20.3 Å². The highest BCUT2D eigenvalue weighted by Gasteiger charge is 2.38. The smallest absolute Gasteiger partial charge is 0.152 e. The van der Waals surface area contributed by atoms with Gasteiger partial charge in [0.15, 0.2) is 9.84 Å². The van der Waals surface area contributed by atoms with E-state index in [0.717, 1.165) is 0 Å². The number of nitrogens with zero attached hydrogens (tertiary/aromatic N) is 2. The summed E-state index contributed by atoms with van der Waals surface area (Å²) in [5, 5.41) is 3.91. The van der Waals surface area contributed by atoms with Crippen molar-refractivity contribution in [2.45, 2.75) is 44.8 Å². The van der Waals surface area contributed by atoms with Crippen molar-refractivity contribution in [3.05, 3.63) is 100 Å². The lowest BCUT2D eigenvalue weighted by atomic mass is 9.85. The molecule has 238 valence electrons. The van der Waals surface area contributed by atoms with Gasteiger partial charge in [-0.05, 0) is 83.2 Å². The van der Waals surface area contributed by atoms with Crippen molar-refractivity contribution in [1.82, 2.24) is 9.97 Å². The molecule has 1 aromatic heterocycles. The van der Waals surface area contributed by atoms with Gasteiger partial charge < -0.3 is 19.5 Å². The third kappa shape index (κ3) is 8.36. The van der Waals surface area contributed by atoms with E-state index in [1.807, 2.05) is 25.1 Å². The van der Waals surface area contributed by atoms with Crippen LogP contribution in [0, 0.1) is 11.6 Å². The Hall–Kier alpha value is -3.61. The molecule has 1 unspecified atom stereocenters. The second-order valence-electron chi connectivity index (χ2n) is 10.8. The van der Waals surface area contributed by atoms with Crippen LogP contribution in [0.1, 0.15) is 43.7 Å². The third-order valence-electron chi connectivity index (χ3n) is 7.45. The number of anilines is 2. The molecule has 1 atom stereocenters. The standard InChI is InChI=1S/C33H34BrF2N3O5S/c1-2-15-45(40,41)16-14-42-12-4-10-33(11-5-13-44-33)27-19-26-30(20-29(27)36)37-22-38-32(26)39-25-8-9-31(28(34)18-25)43-21-23-6-3-7-24(35)17-23/h3,5-9,13,17-20,22H,2,4,10-12,14-16,21H2,1H3,(H,37,38,39). The lowest BCUT2D eigenvalue weighted by molar-refractivity contribution is 0.0181. The molecule has 0 fully saturated rings. The molecular weight excluding hydrogens is 668 g/mol. The molecule has 1 aliphatic heterocycles. The van der Waals surface area contributed by atoms with Crippen LogP contribution in [0.5, 0.6) is 5.75 Å². The minimum atomic E-state index is -3.11. The van der Waals surface area contributed by atoms with Gasteiger partial charge in [-0.15, -0.1) is 0 Å². The maximum Gasteiger partial charge on any atom is 0.152 e. The van der Waals surface area contributed by atoms with E-state index in [0.29, 0.717) is 76.0 Å². The van der Waals surface area contributed by atoms with Crippen molar-refractivity contribution in [1.29, 1.82) is 0 Å². The van der Waals surface area contributed by atoms with E-state index in [-0.39, 0.29) is 30.5 Å². The minimum absolute atomic E-state index is 0.0135. The molecule has 0 aliphatic carbocycles. The summed E-state index contributed by atoms with van der Waals surface area (Å²) in [4.78, 5) is 8.72. The fourth-order valence-corrected chi connectivity index (χ4v) is 6.93. The Balaban J connectivity index is 1.29. The average molecular weight is 703 g/mol. The first-order valence-electron chi connectivity index (χ1n) is 14.7. The van der Waals surface area contributed by atoms with Crippen molar-refractivity contribution >= 4 is 48.2 Å². The Morgan fingerprint density at radius 2 is 1.93 bits per heavy atom. The summed E-state index contributed by atoms with van der Waals surface area (Å²) in [6.07, 6.45) is 6.87. The summed E-state index contributed by atoms with van der Waals surface area (Å²) in [5.41, 5.74) is 1.29. The number of rotatable bonds is 15. The van der Waals surface area contributed by atoms with Crippen molar-refractivity contribution in [3.63, 3.8) is 0 Å². The summed E-state index contributed by atoms with van der Waals surface area (Å²) in [6.45, 7) is 2.49. The molecular formula is C33H34BrF2N3O5S. The Bertz CT molecular complexity index is 1780. The van der Waals surface area contributed by atoms with E-state index in [9.17, 15) is 12.8 Å². The number of ether oxygens (including phenoxy) is 3. The van der Waals surface area contributed by atoms with Crippen LogP contribution in [0.3, 0.4) is 0 Å². The fraction of sp³-hybridized carbons (Fsp3) is 0.333. The minimum Gasteiger partial charge on any atom is -0.490 e. The van der Waals surface area contributed by atoms with Gasteiger partial charge in [-0.1, -0.05) is 19.1 Å². The van der Waals surface area contributed by atoms with Crippen LogP contribution < -0.4 is 10.1 Å². The second-order valence-corrected chi connectivity index (χ2v) is 14.0. The molecule has 0 saturated heterocycles. The first-order chi connectivity index (χ1) is 21.7. The number of benzene rings is 3. The lowest BCUT2D eigenvalue weighted by Gasteiger charge is -2.30. The summed E-state index contributed by atoms with van der Waals surface area (Å²) < 4.78 is 71.1. The molecule has 0 bridgehead atoms. The number of hydrogen-bond acceptors (Lipinski definition) is 8. The topological polar surface area (TPSA) is 99.6 Å². The van der Waals surface area contributed by atoms with Gasteiger partial charge in [-0.2, -0.15) is 0 Å². The van der Waals surface area contributed by atoms with E-state index in [4.69, 9.17) is 14.2 Å². The SMILES string of the molecule is CCCS(=O)(=O)CCOCCCC1(c2cc3c(Nc4ccc(OCc5cccc(F)c5)c(Br)c4)ncnc3cc2F)CC=CO1. The Morgan fingerprint density at radius 3 is 2.69 bits per heavy atom. The van der Waals surface area contributed by atoms with Gasteiger partial charge in [0.1, 0.15) is 41.7 Å². The molecule has 1 N–H and O–H groups in total. The summed E-state index contributed by atoms with van der Waals surface area (Å²) in [6, 6.07) is 14.8. The van der Waals surface area contributed by atoms with Crippen molar-refractivity contribution in [3.8, 4) is 5.75 Å². The summed E-state index contributed by atoms with van der Waals surface area (Å²) in [5.74, 6) is 0.444. The fourth-order valence-electron chi connectivity index (χ4n) is 5.24. The van der Waals surface area contributed by atoms with Gasteiger partial charge >= 0.3 is 0 Å². The highest BCUT2D eigenvalue weighted by molar-refractivity contribution is 9.10. The van der Waals surface area contributed by atoms with Crippen molar-refractivity contribution < 1.29 is 31.4 Å². The molecule has 0 amide bonds. The van der Waals surface area contributed by atoms with E-state index in [1.165, 1.54) is 24.5 Å². The predicted molar refractivity (Wildman–Crippen MR) is 173 cm³/mol. The van der Waals surface area contributed by atoms with Crippen LogP contribution in [0.25, 0.3) is 10.9 Å². The maximum absolute atomic E-state index is 15.6. The van der Waals surface area contributed by atoms with Gasteiger partial charge in [0.2, 0.25) is 0 Å². The number of aromatic nitrogens is 2. The van der Waals surface area contributed by atoms with Crippen LogP contribution in [-0.4, -0.2) is 43.1 Å². The Kier molecular flexibility index (Phi) is 10.7. The largest absolute Gasteiger partial charge is 0.490 e. The van der Waals surface area contributed by atoms with Crippen LogP contribution in [0.15, 0.2) is 77.7 Å². The predicted octanol–water partition coefficient (Wildman–Crippen LogP) is 7.74. The van der Waals surface area contributed by atoms with Gasteiger partial charge in [0, 0.05) is 41.5 Å². The van der Waals surface area contributed by atoms with Gasteiger partial charge in [0.05, 0.1) is 28.6 Å². The summed E-state index contributed by atoms with van der Waals surface area (Å²) >= 11 is 3.54. The molecule has 0 saturated carbocycles. The zero-order chi connectivity index (χ0) is 31.9. The third-order valence-corrected chi connectivity index (χ3v) is 9.89. The van der Waals surface area contributed by atoms with Gasteiger partial charge in [-0.25, -0.2) is 27.2 Å². The van der Waals surface area contributed by atoms with Crippen LogP contribution >= 0.6 is 15.9 Å². The van der Waals surface area contributed by atoms with Crippen LogP contribution in [-0.2, 0) is 31.5 Å². The second kappa shape index (κ2) is 14.7. The monoisotopic (exact) mass is 701 g/mol. The zero-order valence-corrected chi connectivity index (χ0v) is 27.2. The molecule has 2 heterocycles. The first-order valence-corrected chi connectivity index (χ1v) is 17.3. The van der Waals surface area contributed by atoms with Crippen molar-refractivity contribution in [2.24, 2.45) is 0 Å². The molecule has 8 nitrogen and oxygen atoms in total. The highest BCUT2D eigenvalue weighted by atomic mass is 79.9. The van der Waals surface area contributed by atoms with E-state index in [1.54, 1.807) is 30.5 Å². The molecule has 1 aliphatic rings. The Labute approximate surface area is 269 Å². The molecule has 0 radical (unpaired) electrons. The first kappa shape index (κ1) is 32.8. The molecule has 5 rings (SSSR count). The number of sulfone groups is 1. The van der Waals surface area contributed by atoms with E-state index >= 15 is 4.39 Å². The van der Waals surface area contributed by atoms with Gasteiger partial charge in [-0.3, -0.25) is 0 Å². The van der Waals surface area contributed by atoms with Gasteiger partial charge in [0.25, 0.3) is 0 Å². The Morgan fingerprint density at radius 1 is 1.07 bits per heavy atom.